The van der Waals surface area contributed by atoms with E-state index in [1.807, 2.05) is 43.3 Å². The Morgan fingerprint density at radius 3 is 2.50 bits per heavy atom. The van der Waals surface area contributed by atoms with Crippen LogP contribution in [0.3, 0.4) is 0 Å². The molecule has 2 aliphatic rings. The van der Waals surface area contributed by atoms with Gasteiger partial charge in [-0.3, -0.25) is 20.2 Å². The molecule has 1 amide bonds. The van der Waals surface area contributed by atoms with Crippen LogP contribution in [0.15, 0.2) is 48.5 Å². The maximum atomic E-state index is 12.9. The van der Waals surface area contributed by atoms with Crippen LogP contribution < -0.4 is 10.6 Å². The molecule has 4 rings (SSSR count). The molecular formula is C20H21N3O3. The first-order chi connectivity index (χ1) is 12.5. The Labute approximate surface area is 151 Å². The summed E-state index contributed by atoms with van der Waals surface area (Å²) >= 11 is 0. The largest absolute Gasteiger partial charge is 0.324 e. The molecule has 1 spiro atoms. The SMILES string of the molecule is CCc1ccc([C@@H]2[C@H](C)N[C@@]3(C(=O)Nc4ccccc43)[C@H]2[N+](=O)[O-])cc1. The van der Waals surface area contributed by atoms with Crippen LogP contribution in [0.25, 0.3) is 0 Å². The third kappa shape index (κ3) is 2.18. The molecule has 1 saturated heterocycles. The number of anilines is 1. The topological polar surface area (TPSA) is 84.3 Å². The molecule has 4 atom stereocenters. The Bertz CT molecular complexity index is 880. The van der Waals surface area contributed by atoms with Crippen molar-refractivity contribution in [1.29, 1.82) is 0 Å². The zero-order valence-electron chi connectivity index (χ0n) is 14.7. The number of hydrogen-bond acceptors (Lipinski definition) is 4. The lowest BCUT2D eigenvalue weighted by atomic mass is 9.78. The molecule has 6 nitrogen and oxygen atoms in total. The predicted molar refractivity (Wildman–Crippen MR) is 98.7 cm³/mol. The second-order valence-electron chi connectivity index (χ2n) is 7.09. The van der Waals surface area contributed by atoms with Crippen molar-refractivity contribution in [2.24, 2.45) is 0 Å². The van der Waals surface area contributed by atoms with Gasteiger partial charge in [0.1, 0.15) is 0 Å². The van der Waals surface area contributed by atoms with E-state index in [0.717, 1.165) is 12.0 Å². The van der Waals surface area contributed by atoms with Gasteiger partial charge in [-0.15, -0.1) is 0 Å². The zero-order valence-corrected chi connectivity index (χ0v) is 14.7. The van der Waals surface area contributed by atoms with E-state index in [0.29, 0.717) is 11.3 Å². The fourth-order valence-corrected chi connectivity index (χ4v) is 4.53. The number of amides is 1. The van der Waals surface area contributed by atoms with Crippen LogP contribution in [0.1, 0.15) is 36.5 Å². The highest BCUT2D eigenvalue weighted by atomic mass is 16.6. The lowest BCUT2D eigenvalue weighted by Crippen LogP contribution is -2.54. The molecule has 0 bridgehead atoms. The van der Waals surface area contributed by atoms with Crippen molar-refractivity contribution >= 4 is 11.6 Å². The maximum Gasteiger partial charge on any atom is 0.256 e. The van der Waals surface area contributed by atoms with E-state index in [2.05, 4.69) is 17.6 Å². The van der Waals surface area contributed by atoms with Crippen molar-refractivity contribution in [2.75, 3.05) is 5.32 Å². The summed E-state index contributed by atoms with van der Waals surface area (Å²) in [4.78, 5) is 24.8. The fourth-order valence-electron chi connectivity index (χ4n) is 4.53. The van der Waals surface area contributed by atoms with E-state index >= 15 is 0 Å². The fraction of sp³-hybridized carbons (Fsp3) is 0.350. The highest BCUT2D eigenvalue weighted by molar-refractivity contribution is 6.07. The third-order valence-corrected chi connectivity index (χ3v) is 5.74. The first-order valence-corrected chi connectivity index (χ1v) is 8.90. The Hall–Kier alpha value is -2.73. The van der Waals surface area contributed by atoms with Gasteiger partial charge in [0.2, 0.25) is 0 Å². The molecule has 26 heavy (non-hydrogen) atoms. The highest BCUT2D eigenvalue weighted by Crippen LogP contribution is 2.49. The van der Waals surface area contributed by atoms with Gasteiger partial charge in [-0.05, 0) is 30.5 Å². The summed E-state index contributed by atoms with van der Waals surface area (Å²) < 4.78 is 0. The minimum Gasteiger partial charge on any atom is -0.324 e. The van der Waals surface area contributed by atoms with Gasteiger partial charge in [-0.2, -0.15) is 0 Å². The lowest BCUT2D eigenvalue weighted by Gasteiger charge is -2.25. The van der Waals surface area contributed by atoms with Crippen LogP contribution in [-0.4, -0.2) is 22.9 Å². The number of rotatable bonds is 3. The summed E-state index contributed by atoms with van der Waals surface area (Å²) in [6.45, 7) is 3.99. The Kier molecular flexibility index (Phi) is 3.80. The summed E-state index contributed by atoms with van der Waals surface area (Å²) in [5.41, 5.74) is 2.03. The third-order valence-electron chi connectivity index (χ3n) is 5.74. The van der Waals surface area contributed by atoms with Crippen molar-refractivity contribution < 1.29 is 9.72 Å². The summed E-state index contributed by atoms with van der Waals surface area (Å²) in [5, 5.41) is 18.3. The molecule has 0 aromatic heterocycles. The molecule has 2 N–H and O–H groups in total. The van der Waals surface area contributed by atoms with E-state index in [-0.39, 0.29) is 16.9 Å². The minimum absolute atomic E-state index is 0.213. The minimum atomic E-state index is -1.34. The number of carbonyl (C=O) groups excluding carboxylic acids is 1. The molecule has 2 aromatic rings. The average Bonchev–Trinajstić information content (AvgIpc) is 3.10. The summed E-state index contributed by atoms with van der Waals surface area (Å²) in [6, 6.07) is 13.8. The van der Waals surface area contributed by atoms with E-state index in [4.69, 9.17) is 0 Å². The molecule has 0 aliphatic carbocycles. The zero-order chi connectivity index (χ0) is 18.5. The Morgan fingerprint density at radius 2 is 1.85 bits per heavy atom. The predicted octanol–water partition coefficient (Wildman–Crippen LogP) is 2.82. The van der Waals surface area contributed by atoms with E-state index in [1.165, 1.54) is 5.56 Å². The normalized spacial score (nSPS) is 29.6. The number of aryl methyl sites for hydroxylation is 1. The van der Waals surface area contributed by atoms with Crippen molar-refractivity contribution in [2.45, 2.75) is 43.8 Å². The van der Waals surface area contributed by atoms with Crippen LogP contribution in [0.4, 0.5) is 5.69 Å². The van der Waals surface area contributed by atoms with Gasteiger partial charge in [-0.25, -0.2) is 0 Å². The maximum absolute atomic E-state index is 12.9. The summed E-state index contributed by atoms with van der Waals surface area (Å²) in [5.74, 6) is -0.743. The van der Waals surface area contributed by atoms with Crippen LogP contribution in [-0.2, 0) is 16.8 Å². The second-order valence-corrected chi connectivity index (χ2v) is 7.09. The molecule has 0 unspecified atom stereocenters. The molecule has 2 aromatic carbocycles. The van der Waals surface area contributed by atoms with Gasteiger partial charge in [0.25, 0.3) is 11.9 Å². The molecular weight excluding hydrogens is 330 g/mol. The van der Waals surface area contributed by atoms with Crippen LogP contribution in [0, 0.1) is 10.1 Å². The second kappa shape index (κ2) is 5.92. The Balaban J connectivity index is 1.86. The first kappa shape index (κ1) is 16.7. The molecule has 134 valence electrons. The monoisotopic (exact) mass is 351 g/mol. The number of nitrogens with zero attached hydrogens (tertiary/aromatic N) is 1. The highest BCUT2D eigenvalue weighted by Gasteiger charge is 2.67. The van der Waals surface area contributed by atoms with Gasteiger partial charge in [0.05, 0.1) is 5.92 Å². The standard InChI is InChI=1S/C20H21N3O3/c1-3-13-8-10-14(11-9-13)17-12(2)22-20(18(17)23(25)26)15-6-4-5-7-16(15)21-19(20)24/h4-12,17-18,22H,3H2,1-2H3,(H,21,24)/t12-,17-,18-,20+/m0/s1. The van der Waals surface area contributed by atoms with Crippen molar-refractivity contribution in [3.05, 3.63) is 75.3 Å². The molecule has 2 aliphatic heterocycles. The molecule has 0 saturated carbocycles. The molecule has 0 radical (unpaired) electrons. The number of fused-ring (bicyclic) bond motifs is 2. The van der Waals surface area contributed by atoms with Gasteiger partial charge >= 0.3 is 0 Å². The number of hydrogen-bond donors (Lipinski definition) is 2. The van der Waals surface area contributed by atoms with Crippen molar-refractivity contribution in [3.63, 3.8) is 0 Å². The summed E-state index contributed by atoms with van der Waals surface area (Å²) in [7, 11) is 0. The average molecular weight is 351 g/mol. The van der Waals surface area contributed by atoms with Gasteiger partial charge in [0.15, 0.2) is 5.54 Å². The number of nitrogens with one attached hydrogen (secondary N) is 2. The van der Waals surface area contributed by atoms with Crippen LogP contribution >= 0.6 is 0 Å². The molecule has 6 heteroatoms. The van der Waals surface area contributed by atoms with E-state index in [9.17, 15) is 14.9 Å². The van der Waals surface area contributed by atoms with E-state index < -0.39 is 17.5 Å². The number of nitro groups is 1. The Morgan fingerprint density at radius 1 is 1.15 bits per heavy atom. The lowest BCUT2D eigenvalue weighted by molar-refractivity contribution is -0.532. The smallest absolute Gasteiger partial charge is 0.256 e. The van der Waals surface area contributed by atoms with E-state index in [1.54, 1.807) is 12.1 Å². The first-order valence-electron chi connectivity index (χ1n) is 8.90. The number of carbonyl (C=O) groups is 1. The van der Waals surface area contributed by atoms with Crippen molar-refractivity contribution in [3.8, 4) is 0 Å². The van der Waals surface area contributed by atoms with Gasteiger partial charge in [0, 0.05) is 22.2 Å². The molecule has 1 fully saturated rings. The quantitative estimate of drug-likeness (QED) is 0.658. The molecule has 2 heterocycles. The van der Waals surface area contributed by atoms with Gasteiger partial charge < -0.3 is 5.32 Å². The van der Waals surface area contributed by atoms with Gasteiger partial charge in [-0.1, -0.05) is 49.4 Å². The van der Waals surface area contributed by atoms with Crippen LogP contribution in [0.2, 0.25) is 0 Å². The van der Waals surface area contributed by atoms with Crippen molar-refractivity contribution in [1.82, 2.24) is 5.32 Å². The van der Waals surface area contributed by atoms with Crippen LogP contribution in [0.5, 0.6) is 0 Å². The number of para-hydroxylation sites is 1. The number of benzene rings is 2. The summed E-state index contributed by atoms with van der Waals surface area (Å²) in [6.07, 6.45) is 0.914.